The molecule has 16 heavy (non-hydrogen) atoms. The second kappa shape index (κ2) is 6.51. The molecule has 0 aromatic carbocycles. The molecule has 1 aliphatic heterocycles. The van der Waals surface area contributed by atoms with Crippen LogP contribution >= 0.6 is 11.7 Å². The van der Waals surface area contributed by atoms with E-state index in [1.54, 1.807) is 0 Å². The summed E-state index contributed by atoms with van der Waals surface area (Å²) in [5, 5.41) is 6.74. The molecule has 0 aliphatic carbocycles. The van der Waals surface area contributed by atoms with Gasteiger partial charge in [-0.05, 0) is 13.8 Å². The van der Waals surface area contributed by atoms with E-state index in [0.29, 0.717) is 12.1 Å². The molecule has 90 valence electrons. The first kappa shape index (κ1) is 13.0. The van der Waals surface area contributed by atoms with Crippen LogP contribution in [0.2, 0.25) is 0 Å². The first-order valence-corrected chi connectivity index (χ1v) is 5.86. The number of primary amides is 1. The van der Waals surface area contributed by atoms with Gasteiger partial charge in [0.15, 0.2) is 5.69 Å². The van der Waals surface area contributed by atoms with E-state index in [0.717, 1.165) is 24.8 Å². The lowest BCUT2D eigenvalue weighted by molar-refractivity contribution is 0.0996. The number of aromatic nitrogens is 2. The van der Waals surface area contributed by atoms with E-state index < -0.39 is 5.91 Å². The van der Waals surface area contributed by atoms with Gasteiger partial charge in [0.1, 0.15) is 0 Å². The number of hydrogen-bond donors (Lipinski definition) is 3. The summed E-state index contributed by atoms with van der Waals surface area (Å²) < 4.78 is 7.14. The summed E-state index contributed by atoms with van der Waals surface area (Å²) in [7, 11) is 0. The number of nitrogens with two attached hydrogens (primary N) is 1. The monoisotopic (exact) mass is 243 g/mol. The summed E-state index contributed by atoms with van der Waals surface area (Å²) in [5.74, 6) is -0.529. The lowest BCUT2D eigenvalue weighted by atomic mass is 10.2. The van der Waals surface area contributed by atoms with Gasteiger partial charge < -0.3 is 16.4 Å². The molecular formula is C9H17N5OS. The number of piperazine rings is 1. The third kappa shape index (κ3) is 4.65. The van der Waals surface area contributed by atoms with Crippen molar-refractivity contribution in [3.05, 3.63) is 11.9 Å². The number of hydrogen-bond acceptors (Lipinski definition) is 6. The molecule has 7 heteroatoms. The van der Waals surface area contributed by atoms with Crippen LogP contribution in [0.5, 0.6) is 0 Å². The van der Waals surface area contributed by atoms with Gasteiger partial charge in [0.05, 0.1) is 17.9 Å². The molecule has 1 aromatic heterocycles. The Morgan fingerprint density at radius 3 is 2.25 bits per heavy atom. The molecule has 0 bridgehead atoms. The predicted molar refractivity (Wildman–Crippen MR) is 63.4 cm³/mol. The molecule has 1 fully saturated rings. The zero-order valence-electron chi connectivity index (χ0n) is 9.43. The largest absolute Gasteiger partial charge is 0.364 e. The van der Waals surface area contributed by atoms with Crippen molar-refractivity contribution in [3.63, 3.8) is 0 Å². The van der Waals surface area contributed by atoms with Gasteiger partial charge in [-0.3, -0.25) is 4.79 Å². The predicted octanol–water partition coefficient (Wildman–Crippen LogP) is -0.407. The summed E-state index contributed by atoms with van der Waals surface area (Å²) >= 11 is 0.967. The van der Waals surface area contributed by atoms with Gasteiger partial charge in [-0.25, -0.2) is 0 Å². The highest BCUT2D eigenvalue weighted by Gasteiger charge is 2.10. The Morgan fingerprint density at radius 2 is 2.00 bits per heavy atom. The van der Waals surface area contributed by atoms with Crippen molar-refractivity contribution in [2.75, 3.05) is 13.1 Å². The summed E-state index contributed by atoms with van der Waals surface area (Å²) in [6.07, 6.45) is 1.34. The van der Waals surface area contributed by atoms with E-state index in [-0.39, 0.29) is 5.69 Å². The first-order valence-electron chi connectivity index (χ1n) is 5.13. The molecule has 1 saturated heterocycles. The van der Waals surface area contributed by atoms with Crippen LogP contribution in [0.3, 0.4) is 0 Å². The van der Waals surface area contributed by atoms with Crippen molar-refractivity contribution in [3.8, 4) is 0 Å². The van der Waals surface area contributed by atoms with Crippen LogP contribution in [0.1, 0.15) is 24.3 Å². The Hall–Kier alpha value is -1.05. The van der Waals surface area contributed by atoms with Crippen LogP contribution in [0.15, 0.2) is 6.20 Å². The SMILES string of the molecule is CC1CNC(C)CN1.NC(=O)c1cnsn1. The number of carbonyl (C=O) groups is 1. The molecule has 6 nitrogen and oxygen atoms in total. The number of rotatable bonds is 1. The maximum absolute atomic E-state index is 10.2. The summed E-state index contributed by atoms with van der Waals surface area (Å²) in [4.78, 5) is 10.2. The Bertz CT molecular complexity index is 298. The van der Waals surface area contributed by atoms with Gasteiger partial charge in [-0.1, -0.05) is 0 Å². The minimum absolute atomic E-state index is 0.231. The lowest BCUT2D eigenvalue weighted by Crippen LogP contribution is -2.51. The van der Waals surface area contributed by atoms with Gasteiger partial charge in [0.2, 0.25) is 0 Å². The quantitative estimate of drug-likeness (QED) is 0.623. The van der Waals surface area contributed by atoms with Crippen LogP contribution in [-0.4, -0.2) is 39.8 Å². The van der Waals surface area contributed by atoms with Crippen molar-refractivity contribution >= 4 is 17.6 Å². The second-order valence-electron chi connectivity index (χ2n) is 3.78. The van der Waals surface area contributed by atoms with E-state index in [4.69, 9.17) is 5.73 Å². The Labute approximate surface area is 98.9 Å². The molecule has 1 amide bonds. The second-order valence-corrected chi connectivity index (χ2v) is 4.33. The average Bonchev–Trinajstić information content (AvgIpc) is 2.77. The fourth-order valence-corrected chi connectivity index (χ4v) is 1.59. The zero-order valence-corrected chi connectivity index (χ0v) is 10.3. The fraction of sp³-hybridized carbons (Fsp3) is 0.667. The number of nitrogens with zero attached hydrogens (tertiary/aromatic N) is 2. The topological polar surface area (TPSA) is 92.9 Å². The summed E-state index contributed by atoms with van der Waals surface area (Å²) in [6, 6.07) is 1.32. The van der Waals surface area contributed by atoms with E-state index in [9.17, 15) is 4.79 Å². The number of nitrogens with one attached hydrogen (secondary N) is 2. The van der Waals surface area contributed by atoms with Gasteiger partial charge >= 0.3 is 0 Å². The zero-order chi connectivity index (χ0) is 12.0. The molecule has 2 heterocycles. The van der Waals surface area contributed by atoms with Gasteiger partial charge in [-0.2, -0.15) is 8.75 Å². The van der Waals surface area contributed by atoms with Crippen molar-refractivity contribution in [2.45, 2.75) is 25.9 Å². The minimum Gasteiger partial charge on any atom is -0.364 e. The highest BCUT2D eigenvalue weighted by atomic mass is 32.1. The number of carbonyl (C=O) groups excluding carboxylic acids is 1. The first-order chi connectivity index (χ1) is 7.59. The third-order valence-electron chi connectivity index (χ3n) is 2.16. The van der Waals surface area contributed by atoms with Crippen LogP contribution < -0.4 is 16.4 Å². The molecule has 2 unspecified atom stereocenters. The van der Waals surface area contributed by atoms with E-state index in [1.165, 1.54) is 6.20 Å². The van der Waals surface area contributed by atoms with Crippen LogP contribution in [0.25, 0.3) is 0 Å². The standard InChI is InChI=1S/C6H14N2.C3H3N3OS/c1-5-3-8-6(2)4-7-5;4-3(7)2-1-5-8-6-2/h5-8H,3-4H2,1-2H3;1H,(H2,4,7). The molecule has 1 aromatic rings. The van der Waals surface area contributed by atoms with Crippen molar-refractivity contribution in [1.82, 2.24) is 19.4 Å². The molecule has 0 radical (unpaired) electrons. The molecule has 0 spiro atoms. The normalized spacial score (nSPS) is 24.4. The molecule has 1 aliphatic rings. The molecular weight excluding hydrogens is 226 g/mol. The Kier molecular flexibility index (Phi) is 5.30. The summed E-state index contributed by atoms with van der Waals surface area (Å²) in [5.41, 5.74) is 5.05. The summed E-state index contributed by atoms with van der Waals surface area (Å²) in [6.45, 7) is 6.61. The maximum atomic E-state index is 10.2. The molecule has 0 saturated carbocycles. The van der Waals surface area contributed by atoms with Gasteiger partial charge in [0, 0.05) is 25.2 Å². The minimum atomic E-state index is -0.529. The highest BCUT2D eigenvalue weighted by Crippen LogP contribution is 1.91. The molecule has 2 atom stereocenters. The van der Waals surface area contributed by atoms with E-state index in [2.05, 4.69) is 33.2 Å². The van der Waals surface area contributed by atoms with Crippen molar-refractivity contribution in [2.24, 2.45) is 5.73 Å². The fourth-order valence-electron chi connectivity index (χ4n) is 1.17. The van der Waals surface area contributed by atoms with Gasteiger partial charge in [0.25, 0.3) is 5.91 Å². The van der Waals surface area contributed by atoms with Gasteiger partial charge in [-0.15, -0.1) is 0 Å². The molecule has 2 rings (SSSR count). The molecule has 4 N–H and O–H groups in total. The van der Waals surface area contributed by atoms with E-state index in [1.807, 2.05) is 0 Å². The van der Waals surface area contributed by atoms with Crippen molar-refractivity contribution < 1.29 is 4.79 Å². The van der Waals surface area contributed by atoms with Crippen LogP contribution in [0, 0.1) is 0 Å². The van der Waals surface area contributed by atoms with E-state index >= 15 is 0 Å². The Balaban J connectivity index is 0.000000160. The van der Waals surface area contributed by atoms with Crippen molar-refractivity contribution in [1.29, 1.82) is 0 Å². The Morgan fingerprint density at radius 1 is 1.44 bits per heavy atom. The lowest BCUT2D eigenvalue weighted by Gasteiger charge is -2.26. The third-order valence-corrected chi connectivity index (χ3v) is 2.64. The average molecular weight is 243 g/mol. The van der Waals surface area contributed by atoms with Crippen LogP contribution in [0.4, 0.5) is 0 Å². The highest BCUT2D eigenvalue weighted by molar-refractivity contribution is 6.99. The maximum Gasteiger partial charge on any atom is 0.270 e. The smallest absolute Gasteiger partial charge is 0.270 e. The van der Waals surface area contributed by atoms with Crippen LogP contribution in [-0.2, 0) is 0 Å². The number of amides is 1.